The Kier molecular flexibility index (Phi) is 6.50. The molecule has 53 heavy (non-hydrogen) atoms. The van der Waals surface area contributed by atoms with Crippen LogP contribution in [-0.4, -0.2) is 4.98 Å². The van der Waals surface area contributed by atoms with Crippen molar-refractivity contribution in [3.63, 3.8) is 0 Å². The summed E-state index contributed by atoms with van der Waals surface area (Å²) in [6.45, 7) is 0. The SMILES string of the molecule is Fc1ccc(-c2nc3cc(-c4c5ccccc5c(-c5ccccc5)c5ccccc45)ccc3c3c4ccccc4c4ccccc4c23)c2ccccc12. The number of aromatic nitrogens is 1. The zero-order valence-electron chi connectivity index (χ0n) is 28.6. The van der Waals surface area contributed by atoms with E-state index in [0.29, 0.717) is 5.39 Å². The molecule has 2 heteroatoms. The molecule has 1 nitrogen and oxygen atoms in total. The van der Waals surface area contributed by atoms with Crippen molar-refractivity contribution in [2.24, 2.45) is 0 Å². The molecule has 0 aliphatic carbocycles. The molecule has 0 radical (unpaired) electrons. The van der Waals surface area contributed by atoms with Crippen LogP contribution in [0, 0.1) is 5.82 Å². The first-order valence-electron chi connectivity index (χ1n) is 18.1. The van der Waals surface area contributed by atoms with Crippen molar-refractivity contribution in [1.29, 1.82) is 0 Å². The standard InChI is InChI=1S/C51H30FN/c52-45-29-28-43(35-18-4-7-19-36(35)45)51-50-38-21-9-6-17-34(38)33-16-5-8-20-37(33)49(50)44-27-26-32(30-46(44)53-51)48-41-24-12-10-22-39(41)47(31-14-2-1-3-15-31)40-23-11-13-25-42(40)48/h1-30H. The highest BCUT2D eigenvalue weighted by molar-refractivity contribution is 6.34. The molecule has 0 bridgehead atoms. The Morgan fingerprint density at radius 3 is 1.40 bits per heavy atom. The molecule has 0 amide bonds. The second kappa shape index (κ2) is 11.6. The highest BCUT2D eigenvalue weighted by atomic mass is 19.1. The van der Waals surface area contributed by atoms with Crippen LogP contribution < -0.4 is 0 Å². The summed E-state index contributed by atoms with van der Waals surface area (Å²) in [4.78, 5) is 5.60. The van der Waals surface area contributed by atoms with E-state index in [4.69, 9.17) is 4.98 Å². The molecular formula is C51H30FN. The van der Waals surface area contributed by atoms with Gasteiger partial charge in [-0.15, -0.1) is 0 Å². The number of benzene rings is 10. The van der Waals surface area contributed by atoms with E-state index < -0.39 is 0 Å². The fourth-order valence-corrected chi connectivity index (χ4v) is 8.85. The Morgan fingerprint density at radius 2 is 0.792 bits per heavy atom. The smallest absolute Gasteiger partial charge is 0.131 e. The van der Waals surface area contributed by atoms with E-state index >= 15 is 4.39 Å². The van der Waals surface area contributed by atoms with Gasteiger partial charge in [-0.2, -0.15) is 0 Å². The number of pyridine rings is 1. The number of fused-ring (bicyclic) bond motifs is 11. The van der Waals surface area contributed by atoms with Gasteiger partial charge in [-0.05, 0) is 88.9 Å². The maximum Gasteiger partial charge on any atom is 0.131 e. The van der Waals surface area contributed by atoms with Crippen LogP contribution in [0.3, 0.4) is 0 Å². The summed E-state index contributed by atoms with van der Waals surface area (Å²) in [7, 11) is 0. The number of hydrogen-bond donors (Lipinski definition) is 0. The first kappa shape index (κ1) is 29.8. The van der Waals surface area contributed by atoms with E-state index in [0.717, 1.165) is 49.3 Å². The molecule has 0 N–H and O–H groups in total. The third-order valence-electron chi connectivity index (χ3n) is 11.1. The van der Waals surface area contributed by atoms with E-state index in [1.165, 1.54) is 54.4 Å². The summed E-state index contributed by atoms with van der Waals surface area (Å²) >= 11 is 0. The lowest BCUT2D eigenvalue weighted by Gasteiger charge is -2.19. The number of hydrogen-bond acceptors (Lipinski definition) is 1. The highest BCUT2D eigenvalue weighted by Gasteiger charge is 2.21. The van der Waals surface area contributed by atoms with Gasteiger partial charge in [0.15, 0.2) is 0 Å². The zero-order chi connectivity index (χ0) is 35.0. The average molecular weight is 676 g/mol. The minimum atomic E-state index is -0.232. The fourth-order valence-electron chi connectivity index (χ4n) is 8.85. The maximum atomic E-state index is 15.3. The topological polar surface area (TPSA) is 12.9 Å². The second-order valence-electron chi connectivity index (χ2n) is 13.9. The van der Waals surface area contributed by atoms with Crippen LogP contribution in [-0.2, 0) is 0 Å². The van der Waals surface area contributed by atoms with E-state index in [1.807, 2.05) is 30.3 Å². The minimum absolute atomic E-state index is 0.232. The largest absolute Gasteiger partial charge is 0.247 e. The van der Waals surface area contributed by atoms with Crippen LogP contribution in [0.2, 0.25) is 0 Å². The Hall–Kier alpha value is -6.90. The third-order valence-corrected chi connectivity index (χ3v) is 11.1. The summed E-state index contributed by atoms with van der Waals surface area (Å²) in [5.41, 5.74) is 7.43. The predicted octanol–water partition coefficient (Wildman–Crippen LogP) is 14.3. The molecule has 1 aromatic heterocycles. The molecule has 1 heterocycles. The molecule has 0 aliphatic rings. The van der Waals surface area contributed by atoms with Crippen LogP contribution in [0.15, 0.2) is 182 Å². The third kappa shape index (κ3) is 4.39. The van der Waals surface area contributed by atoms with Gasteiger partial charge in [-0.3, -0.25) is 0 Å². The molecule has 246 valence electrons. The summed E-state index contributed by atoms with van der Waals surface area (Å²) in [5.74, 6) is -0.232. The quantitative estimate of drug-likeness (QED) is 0.134. The van der Waals surface area contributed by atoms with E-state index in [-0.39, 0.29) is 5.82 Å². The average Bonchev–Trinajstić information content (AvgIpc) is 3.22. The summed E-state index contributed by atoms with van der Waals surface area (Å²) in [5, 5.41) is 14.3. The Morgan fingerprint density at radius 1 is 0.321 bits per heavy atom. The molecule has 0 spiro atoms. The predicted molar refractivity (Wildman–Crippen MR) is 223 cm³/mol. The first-order valence-corrected chi connectivity index (χ1v) is 18.1. The van der Waals surface area contributed by atoms with Crippen molar-refractivity contribution in [2.45, 2.75) is 0 Å². The Labute approximate surface area is 305 Å². The lowest BCUT2D eigenvalue weighted by atomic mass is 9.85. The summed E-state index contributed by atoms with van der Waals surface area (Å²) in [6, 6.07) is 63.6. The Balaban J connectivity index is 1.31. The van der Waals surface area contributed by atoms with Gasteiger partial charge in [0, 0.05) is 27.1 Å². The fraction of sp³-hybridized carbons (Fsp3) is 0. The second-order valence-corrected chi connectivity index (χ2v) is 13.9. The maximum absolute atomic E-state index is 15.3. The van der Waals surface area contributed by atoms with Crippen LogP contribution in [0.4, 0.5) is 4.39 Å². The monoisotopic (exact) mass is 675 g/mol. The number of rotatable bonds is 3. The van der Waals surface area contributed by atoms with Crippen molar-refractivity contribution >= 4 is 75.5 Å². The number of halogens is 1. The normalized spacial score (nSPS) is 11.9. The van der Waals surface area contributed by atoms with Crippen LogP contribution in [0.1, 0.15) is 0 Å². The molecule has 11 aromatic rings. The van der Waals surface area contributed by atoms with Crippen molar-refractivity contribution in [1.82, 2.24) is 4.98 Å². The zero-order valence-corrected chi connectivity index (χ0v) is 28.6. The molecule has 11 rings (SSSR count). The lowest BCUT2D eigenvalue weighted by Crippen LogP contribution is -1.95. The van der Waals surface area contributed by atoms with Crippen molar-refractivity contribution in [3.05, 3.63) is 188 Å². The molecule has 0 aliphatic heterocycles. The van der Waals surface area contributed by atoms with E-state index in [1.54, 1.807) is 6.07 Å². The van der Waals surface area contributed by atoms with Crippen LogP contribution in [0.25, 0.3) is 109 Å². The van der Waals surface area contributed by atoms with Crippen LogP contribution in [0.5, 0.6) is 0 Å². The van der Waals surface area contributed by atoms with Gasteiger partial charge in [-0.1, -0.05) is 164 Å². The molecule has 0 saturated carbocycles. The van der Waals surface area contributed by atoms with Gasteiger partial charge in [0.25, 0.3) is 0 Å². The van der Waals surface area contributed by atoms with Gasteiger partial charge in [0.2, 0.25) is 0 Å². The van der Waals surface area contributed by atoms with Crippen molar-refractivity contribution in [2.75, 3.05) is 0 Å². The first-order chi connectivity index (χ1) is 26.2. The van der Waals surface area contributed by atoms with Gasteiger partial charge in [0.1, 0.15) is 5.82 Å². The van der Waals surface area contributed by atoms with Crippen molar-refractivity contribution in [3.8, 4) is 33.5 Å². The lowest BCUT2D eigenvalue weighted by molar-refractivity contribution is 0.640. The van der Waals surface area contributed by atoms with Gasteiger partial charge in [-0.25, -0.2) is 9.37 Å². The highest BCUT2D eigenvalue weighted by Crippen LogP contribution is 2.47. The van der Waals surface area contributed by atoms with Gasteiger partial charge in [0.05, 0.1) is 11.2 Å². The van der Waals surface area contributed by atoms with Crippen molar-refractivity contribution < 1.29 is 4.39 Å². The molecule has 10 aromatic carbocycles. The number of nitrogens with zero attached hydrogens (tertiary/aromatic N) is 1. The molecule has 0 unspecified atom stereocenters. The minimum Gasteiger partial charge on any atom is -0.247 e. The molecule has 0 saturated heterocycles. The van der Waals surface area contributed by atoms with E-state index in [9.17, 15) is 0 Å². The van der Waals surface area contributed by atoms with Crippen LogP contribution >= 0.6 is 0 Å². The van der Waals surface area contributed by atoms with Gasteiger partial charge < -0.3 is 0 Å². The van der Waals surface area contributed by atoms with Gasteiger partial charge >= 0.3 is 0 Å². The molecule has 0 fully saturated rings. The molecule has 0 atom stereocenters. The summed E-state index contributed by atoms with van der Waals surface area (Å²) < 4.78 is 15.3. The Bertz CT molecular complexity index is 3230. The molecular weight excluding hydrogens is 646 g/mol. The summed E-state index contributed by atoms with van der Waals surface area (Å²) in [6.07, 6.45) is 0. The van der Waals surface area contributed by atoms with E-state index in [2.05, 4.69) is 146 Å².